The zero-order valence-corrected chi connectivity index (χ0v) is 33.6. The van der Waals surface area contributed by atoms with Gasteiger partial charge in [0, 0.05) is 84.4 Å². The average molecular weight is 743 g/mol. The van der Waals surface area contributed by atoms with Crippen molar-refractivity contribution in [1.29, 1.82) is 0 Å². The summed E-state index contributed by atoms with van der Waals surface area (Å²) in [5, 5.41) is 7.47. The fourth-order valence-electron chi connectivity index (χ4n) is 7.49. The van der Waals surface area contributed by atoms with Crippen molar-refractivity contribution < 1.29 is 9.13 Å². The minimum absolute atomic E-state index is 0.768. The molecule has 8 nitrogen and oxygen atoms in total. The molecule has 0 saturated heterocycles. The number of nitrogen functional groups attached to an aromatic ring is 2. The van der Waals surface area contributed by atoms with Gasteiger partial charge in [0.1, 0.15) is 22.1 Å². The molecule has 0 atom stereocenters. The largest absolute Gasteiger partial charge is 0.398 e. The molecule has 2 aromatic heterocycles. The van der Waals surface area contributed by atoms with Gasteiger partial charge in [-0.05, 0) is 87.1 Å². The Morgan fingerprint density at radius 2 is 0.786 bits per heavy atom. The summed E-state index contributed by atoms with van der Waals surface area (Å²) in [6.45, 7) is 14.2. The van der Waals surface area contributed by atoms with E-state index >= 15 is 0 Å². The number of unbranched alkanes of at least 4 members (excludes halogenated alkanes) is 3. The molecule has 6 aromatic carbocycles. The molecule has 0 unspecified atom stereocenters. The minimum Gasteiger partial charge on any atom is -0.398 e. The number of aryl methyl sites for hydroxylation is 4. The second kappa shape index (κ2) is 16.6. The van der Waals surface area contributed by atoms with Gasteiger partial charge in [0.15, 0.2) is 0 Å². The normalized spacial score (nSPS) is 11.2. The van der Waals surface area contributed by atoms with Crippen molar-refractivity contribution >= 4 is 66.9 Å². The molecular weight excluding hydrogens is 689 g/mol. The molecule has 8 aromatic rings. The van der Waals surface area contributed by atoms with Gasteiger partial charge in [-0.3, -0.25) is 0 Å². The Balaban J connectivity index is 0.00000237. The third kappa shape index (κ3) is 7.65. The number of fused-ring (bicyclic) bond motifs is 4. The molecule has 8 rings (SSSR count). The number of rotatable bonds is 11. The second-order valence-corrected chi connectivity index (χ2v) is 14.5. The van der Waals surface area contributed by atoms with E-state index in [0.29, 0.717) is 0 Å². The number of hydrogen-bond donors (Lipinski definition) is 4. The van der Waals surface area contributed by atoms with Crippen LogP contribution >= 0.6 is 0 Å². The first-order valence-electron chi connectivity index (χ1n) is 20.0. The number of nitrogens with one attached hydrogen (secondary N) is 2. The first-order valence-corrected chi connectivity index (χ1v) is 20.0. The van der Waals surface area contributed by atoms with E-state index in [1.807, 2.05) is 52.0 Å². The van der Waals surface area contributed by atoms with E-state index in [4.69, 9.17) is 21.4 Å². The van der Waals surface area contributed by atoms with Crippen molar-refractivity contribution in [2.75, 3.05) is 35.2 Å². The van der Waals surface area contributed by atoms with Crippen LogP contribution in [0.4, 0.5) is 22.7 Å². The first kappa shape index (κ1) is 38.0. The van der Waals surface area contributed by atoms with Gasteiger partial charge in [-0.15, -0.1) is 9.13 Å². The number of benzene rings is 6. The Labute approximate surface area is 330 Å². The Morgan fingerprint density at radius 1 is 0.446 bits per heavy atom. The van der Waals surface area contributed by atoms with E-state index in [0.717, 1.165) is 128 Å². The second-order valence-electron chi connectivity index (χ2n) is 14.5. The fourth-order valence-corrected chi connectivity index (χ4v) is 7.49. The van der Waals surface area contributed by atoms with Gasteiger partial charge in [-0.25, -0.2) is 9.97 Å². The van der Waals surface area contributed by atoms with Gasteiger partial charge in [0.05, 0.1) is 0 Å². The summed E-state index contributed by atoms with van der Waals surface area (Å²) < 4.78 is 4.55. The quantitative estimate of drug-likeness (QED) is 0.0455. The van der Waals surface area contributed by atoms with Crippen LogP contribution in [0.15, 0.2) is 109 Å². The van der Waals surface area contributed by atoms with E-state index < -0.39 is 0 Å². The van der Waals surface area contributed by atoms with Crippen molar-refractivity contribution in [2.24, 2.45) is 0 Å². The first-order chi connectivity index (χ1) is 27.2. The lowest BCUT2D eigenvalue weighted by Crippen LogP contribution is -2.33. The zero-order valence-electron chi connectivity index (χ0n) is 33.6. The lowest BCUT2D eigenvalue weighted by molar-refractivity contribution is -0.538. The van der Waals surface area contributed by atoms with Crippen LogP contribution in [-0.2, 0) is 0 Å². The van der Waals surface area contributed by atoms with Gasteiger partial charge in [0.2, 0.25) is 33.4 Å². The summed E-state index contributed by atoms with van der Waals surface area (Å²) in [5.74, 6) is 0. The van der Waals surface area contributed by atoms with E-state index in [2.05, 4.69) is 119 Å². The third-order valence-corrected chi connectivity index (χ3v) is 10.6. The summed E-state index contributed by atoms with van der Waals surface area (Å²) in [6.07, 6.45) is 4.49. The summed E-state index contributed by atoms with van der Waals surface area (Å²) in [7, 11) is 0. The van der Waals surface area contributed by atoms with Crippen LogP contribution in [0.5, 0.6) is 0 Å². The lowest BCUT2D eigenvalue weighted by atomic mass is 10.1. The predicted octanol–water partition coefficient (Wildman–Crippen LogP) is 10.2. The maximum Gasteiger partial charge on any atom is 0.239 e. The summed E-state index contributed by atoms with van der Waals surface area (Å²) in [5.41, 5.74) is 31.1. The van der Waals surface area contributed by atoms with Crippen molar-refractivity contribution in [2.45, 2.75) is 67.2 Å². The summed E-state index contributed by atoms with van der Waals surface area (Å²) in [6, 6.07) is 38.0. The number of hydrogen-bond acceptors (Lipinski definition) is 6. The molecule has 0 spiro atoms. The van der Waals surface area contributed by atoms with Crippen LogP contribution in [-0.4, -0.2) is 23.1 Å². The number of para-hydroxylation sites is 2. The highest BCUT2D eigenvalue weighted by Crippen LogP contribution is 2.28. The average Bonchev–Trinajstić information content (AvgIpc) is 3.20. The van der Waals surface area contributed by atoms with E-state index in [-0.39, 0.29) is 0 Å². The van der Waals surface area contributed by atoms with Crippen LogP contribution in [0.3, 0.4) is 0 Å². The molecule has 2 heterocycles. The molecule has 0 fully saturated rings. The van der Waals surface area contributed by atoms with E-state index in [9.17, 15) is 0 Å². The highest BCUT2D eigenvalue weighted by Gasteiger charge is 2.23. The highest BCUT2D eigenvalue weighted by atomic mass is 15.0. The molecule has 0 radical (unpaired) electrons. The molecule has 8 heteroatoms. The molecule has 0 saturated carbocycles. The van der Waals surface area contributed by atoms with Crippen molar-refractivity contribution in [1.82, 2.24) is 9.97 Å². The zero-order chi connectivity index (χ0) is 39.3. The summed E-state index contributed by atoms with van der Waals surface area (Å²) >= 11 is 0. The molecular formula is C48H54N8+2. The monoisotopic (exact) mass is 742 g/mol. The Bertz CT molecular complexity index is 2490. The Hall–Kier alpha value is -6.28. The third-order valence-electron chi connectivity index (χ3n) is 10.6. The van der Waals surface area contributed by atoms with E-state index in [1.54, 1.807) is 0 Å². The van der Waals surface area contributed by atoms with Gasteiger partial charge >= 0.3 is 0 Å². The maximum atomic E-state index is 6.40. The molecule has 284 valence electrons. The van der Waals surface area contributed by atoms with Crippen molar-refractivity contribution in [3.63, 3.8) is 0 Å². The topological polar surface area (TPSA) is 110 Å². The highest BCUT2D eigenvalue weighted by molar-refractivity contribution is 5.88. The lowest BCUT2D eigenvalue weighted by Gasteiger charge is -2.13. The standard InChI is InChI=1S/C46H46N8.C2H6/c1-29-21-39-43(25-35(29)47)53(33-15-9-7-10-16-33)45-27-37(31(3)23-41(45)51-39)49-19-13-5-6-14-20-50-38-28-46-42(24-32(38)4)52-40-22-30(2)36(48)26-44(40)54(46)34-17-11-8-12-18-34;1-2/h7-12,15-18,21-28H,5-6,13-14,19-20H2,1-4H3,(H4,47,48,49,50);1-2H3/p+2. The van der Waals surface area contributed by atoms with E-state index in [1.165, 1.54) is 11.1 Å². The molecule has 0 aliphatic heterocycles. The molecule has 6 N–H and O–H groups in total. The SMILES string of the molecule is CC.Cc1cc2nc3cc(C)c(NCCCCCCNc4cc5c(cc4C)nc4cc(C)c(N)cc4[n+]5-c4ccccc4)cc3[n+](-c3ccccc3)c2cc1N. The smallest absolute Gasteiger partial charge is 0.239 e. The number of aromatic nitrogens is 4. The minimum atomic E-state index is 0.768. The molecule has 0 amide bonds. The van der Waals surface area contributed by atoms with Crippen LogP contribution < -0.4 is 31.2 Å². The molecule has 0 bridgehead atoms. The van der Waals surface area contributed by atoms with Gasteiger partial charge in [-0.1, -0.05) is 63.1 Å². The van der Waals surface area contributed by atoms with Crippen molar-refractivity contribution in [3.8, 4) is 11.4 Å². The fraction of sp³-hybridized carbons (Fsp3) is 0.250. The predicted molar refractivity (Wildman–Crippen MR) is 236 cm³/mol. The number of nitrogens with two attached hydrogens (primary N) is 2. The van der Waals surface area contributed by atoms with Gasteiger partial charge < -0.3 is 22.1 Å². The molecule has 0 aliphatic carbocycles. The van der Waals surface area contributed by atoms with Crippen LogP contribution in [0, 0.1) is 27.7 Å². The van der Waals surface area contributed by atoms with Crippen LogP contribution in [0.2, 0.25) is 0 Å². The molecule has 0 aliphatic rings. The Morgan fingerprint density at radius 3 is 1.16 bits per heavy atom. The maximum absolute atomic E-state index is 6.40. The van der Waals surface area contributed by atoms with Crippen LogP contribution in [0.1, 0.15) is 61.8 Å². The Kier molecular flexibility index (Phi) is 11.3. The van der Waals surface area contributed by atoms with Crippen LogP contribution in [0.25, 0.3) is 55.5 Å². The number of nitrogens with zero attached hydrogens (tertiary/aromatic N) is 4. The van der Waals surface area contributed by atoms with Crippen molar-refractivity contribution in [3.05, 3.63) is 131 Å². The van der Waals surface area contributed by atoms with Gasteiger partial charge in [-0.2, -0.15) is 0 Å². The van der Waals surface area contributed by atoms with Gasteiger partial charge in [0.25, 0.3) is 0 Å². The number of anilines is 4. The summed E-state index contributed by atoms with van der Waals surface area (Å²) in [4.78, 5) is 10.1. The molecule has 56 heavy (non-hydrogen) atoms.